The Morgan fingerprint density at radius 3 is 2.79 bits per heavy atom. The molecule has 2 heterocycles. The molecule has 0 saturated heterocycles. The Hall–Kier alpha value is -1.36. The molecule has 5 heteroatoms. The third kappa shape index (κ3) is 1.77. The summed E-state index contributed by atoms with van der Waals surface area (Å²) in [4.78, 5) is 15.0. The van der Waals surface area contributed by atoms with E-state index in [1.54, 1.807) is 19.1 Å². The quantitative estimate of drug-likeness (QED) is 0.572. The maximum absolute atomic E-state index is 11.1. The summed E-state index contributed by atoms with van der Waals surface area (Å²) < 4.78 is 10.5. The summed E-state index contributed by atoms with van der Waals surface area (Å²) in [5.74, 6) is 0.462. The van der Waals surface area contributed by atoms with E-state index < -0.39 is 5.97 Å². The SMILES string of the molecule is CC1=NC(=Cc2ccc(Br)o2)C(=O)O1. The molecule has 0 atom stereocenters. The Labute approximate surface area is 88.4 Å². The molecule has 0 radical (unpaired) electrons. The normalized spacial score (nSPS) is 18.6. The van der Waals surface area contributed by atoms with Crippen LogP contribution in [0.15, 0.2) is 31.9 Å². The highest BCUT2D eigenvalue weighted by Gasteiger charge is 2.19. The molecule has 14 heavy (non-hydrogen) atoms. The fourth-order valence-corrected chi connectivity index (χ4v) is 1.38. The van der Waals surface area contributed by atoms with Crippen LogP contribution in [0.25, 0.3) is 6.08 Å². The first-order valence-corrected chi connectivity index (χ1v) is 4.69. The fourth-order valence-electron chi connectivity index (χ4n) is 1.06. The van der Waals surface area contributed by atoms with Crippen LogP contribution >= 0.6 is 15.9 Å². The number of hydrogen-bond donors (Lipinski definition) is 0. The molecule has 0 spiro atoms. The van der Waals surface area contributed by atoms with Crippen molar-refractivity contribution in [3.8, 4) is 0 Å². The maximum atomic E-state index is 11.1. The molecule has 0 unspecified atom stereocenters. The van der Waals surface area contributed by atoms with Gasteiger partial charge in [-0.1, -0.05) is 0 Å². The number of aliphatic imine (C=N–C) groups is 1. The standard InChI is InChI=1S/C9H6BrNO3/c1-5-11-7(9(12)13-5)4-6-2-3-8(10)14-6/h2-4H,1H3. The summed E-state index contributed by atoms with van der Waals surface area (Å²) in [6.45, 7) is 1.62. The van der Waals surface area contributed by atoms with Gasteiger partial charge in [-0.05, 0) is 28.1 Å². The fraction of sp³-hybridized carbons (Fsp3) is 0.111. The van der Waals surface area contributed by atoms with Gasteiger partial charge >= 0.3 is 5.97 Å². The van der Waals surface area contributed by atoms with E-state index in [1.165, 1.54) is 6.08 Å². The molecule has 0 bridgehead atoms. The van der Waals surface area contributed by atoms with Gasteiger partial charge < -0.3 is 9.15 Å². The van der Waals surface area contributed by atoms with Gasteiger partial charge in [-0.25, -0.2) is 9.79 Å². The number of halogens is 1. The predicted octanol–water partition coefficient (Wildman–Crippen LogP) is 2.36. The summed E-state index contributed by atoms with van der Waals surface area (Å²) in [7, 11) is 0. The minimum absolute atomic E-state index is 0.254. The third-order valence-corrected chi connectivity index (χ3v) is 2.03. The highest BCUT2D eigenvalue weighted by molar-refractivity contribution is 9.10. The van der Waals surface area contributed by atoms with Gasteiger partial charge in [0.2, 0.25) is 0 Å². The van der Waals surface area contributed by atoms with Crippen LogP contribution in [-0.2, 0) is 9.53 Å². The number of carbonyl (C=O) groups is 1. The zero-order chi connectivity index (χ0) is 10.1. The maximum Gasteiger partial charge on any atom is 0.363 e. The Balaban J connectivity index is 2.31. The van der Waals surface area contributed by atoms with Crippen molar-refractivity contribution in [2.45, 2.75) is 6.92 Å². The molecule has 0 aromatic carbocycles. The number of carbonyl (C=O) groups excluding carboxylic acids is 1. The van der Waals surface area contributed by atoms with E-state index in [-0.39, 0.29) is 5.70 Å². The van der Waals surface area contributed by atoms with E-state index in [2.05, 4.69) is 20.9 Å². The van der Waals surface area contributed by atoms with Crippen LogP contribution in [0.2, 0.25) is 0 Å². The molecule has 0 fully saturated rings. The van der Waals surface area contributed by atoms with Crippen molar-refractivity contribution in [2.75, 3.05) is 0 Å². The third-order valence-electron chi connectivity index (χ3n) is 1.60. The topological polar surface area (TPSA) is 51.8 Å². The molecule has 1 aliphatic rings. The average Bonchev–Trinajstić information content (AvgIpc) is 2.61. The highest BCUT2D eigenvalue weighted by Crippen LogP contribution is 2.19. The predicted molar refractivity (Wildman–Crippen MR) is 53.6 cm³/mol. The van der Waals surface area contributed by atoms with Crippen LogP contribution in [0.4, 0.5) is 0 Å². The summed E-state index contributed by atoms with van der Waals surface area (Å²) >= 11 is 3.16. The average molecular weight is 256 g/mol. The van der Waals surface area contributed by atoms with Crippen molar-refractivity contribution < 1.29 is 13.9 Å². The van der Waals surface area contributed by atoms with Gasteiger partial charge in [0, 0.05) is 13.0 Å². The number of esters is 1. The van der Waals surface area contributed by atoms with Crippen LogP contribution in [0.3, 0.4) is 0 Å². The van der Waals surface area contributed by atoms with Crippen LogP contribution in [0.1, 0.15) is 12.7 Å². The lowest BCUT2D eigenvalue weighted by Crippen LogP contribution is -1.99. The van der Waals surface area contributed by atoms with E-state index in [1.807, 2.05) is 0 Å². The number of nitrogens with zero attached hydrogens (tertiary/aromatic N) is 1. The van der Waals surface area contributed by atoms with Crippen LogP contribution < -0.4 is 0 Å². The zero-order valence-corrected chi connectivity index (χ0v) is 8.87. The minimum atomic E-state index is -0.449. The van der Waals surface area contributed by atoms with Gasteiger partial charge in [0.25, 0.3) is 0 Å². The number of furan rings is 1. The van der Waals surface area contributed by atoms with Crippen molar-refractivity contribution in [1.82, 2.24) is 0 Å². The van der Waals surface area contributed by atoms with Gasteiger partial charge in [0.1, 0.15) is 5.76 Å². The van der Waals surface area contributed by atoms with Gasteiger partial charge in [-0.2, -0.15) is 0 Å². The minimum Gasteiger partial charge on any atom is -0.450 e. The molecule has 0 saturated carbocycles. The van der Waals surface area contributed by atoms with E-state index >= 15 is 0 Å². The van der Waals surface area contributed by atoms with Gasteiger partial charge in [-0.3, -0.25) is 0 Å². The number of hydrogen-bond acceptors (Lipinski definition) is 4. The molecule has 2 rings (SSSR count). The second kappa shape index (κ2) is 3.42. The summed E-state index contributed by atoms with van der Waals surface area (Å²) in [5, 5.41) is 0. The van der Waals surface area contributed by atoms with Crippen molar-refractivity contribution in [3.63, 3.8) is 0 Å². The van der Waals surface area contributed by atoms with E-state index in [0.717, 1.165) is 0 Å². The Kier molecular flexibility index (Phi) is 2.25. The van der Waals surface area contributed by atoms with Gasteiger partial charge in [0.05, 0.1) is 0 Å². The first-order valence-electron chi connectivity index (χ1n) is 3.89. The molecule has 0 N–H and O–H groups in total. The van der Waals surface area contributed by atoms with Gasteiger partial charge in [0.15, 0.2) is 16.3 Å². The van der Waals surface area contributed by atoms with Crippen molar-refractivity contribution >= 4 is 33.9 Å². The summed E-state index contributed by atoms with van der Waals surface area (Å²) in [6, 6.07) is 3.47. The summed E-state index contributed by atoms with van der Waals surface area (Å²) in [5.41, 5.74) is 0.254. The molecule has 72 valence electrons. The van der Waals surface area contributed by atoms with Crippen molar-refractivity contribution in [3.05, 3.63) is 28.3 Å². The van der Waals surface area contributed by atoms with Crippen LogP contribution in [0, 0.1) is 0 Å². The Morgan fingerprint density at radius 2 is 2.29 bits per heavy atom. The first-order chi connectivity index (χ1) is 6.65. The second-order valence-corrected chi connectivity index (χ2v) is 3.47. The smallest absolute Gasteiger partial charge is 0.363 e. The first kappa shape index (κ1) is 9.21. The van der Waals surface area contributed by atoms with Crippen molar-refractivity contribution in [1.29, 1.82) is 0 Å². The number of cyclic esters (lactones) is 1. The van der Waals surface area contributed by atoms with E-state index in [0.29, 0.717) is 16.3 Å². The van der Waals surface area contributed by atoms with Crippen LogP contribution in [-0.4, -0.2) is 11.9 Å². The molecule has 1 aromatic rings. The summed E-state index contributed by atoms with van der Waals surface area (Å²) in [6.07, 6.45) is 1.53. The lowest BCUT2D eigenvalue weighted by Gasteiger charge is -1.88. The number of rotatable bonds is 1. The second-order valence-electron chi connectivity index (χ2n) is 2.69. The largest absolute Gasteiger partial charge is 0.450 e. The molecule has 1 aliphatic heterocycles. The van der Waals surface area contributed by atoms with E-state index in [9.17, 15) is 4.79 Å². The van der Waals surface area contributed by atoms with Gasteiger partial charge in [-0.15, -0.1) is 0 Å². The zero-order valence-electron chi connectivity index (χ0n) is 7.28. The molecule has 0 amide bonds. The van der Waals surface area contributed by atoms with E-state index in [4.69, 9.17) is 9.15 Å². The Bertz CT molecular complexity index is 445. The molecular formula is C9H6BrNO3. The monoisotopic (exact) mass is 255 g/mol. The molecule has 4 nitrogen and oxygen atoms in total. The Morgan fingerprint density at radius 1 is 1.50 bits per heavy atom. The lowest BCUT2D eigenvalue weighted by molar-refractivity contribution is -0.130. The highest BCUT2D eigenvalue weighted by atomic mass is 79.9. The molecular weight excluding hydrogens is 250 g/mol. The molecule has 1 aromatic heterocycles. The van der Waals surface area contributed by atoms with Crippen molar-refractivity contribution in [2.24, 2.45) is 4.99 Å². The molecule has 0 aliphatic carbocycles. The number of ether oxygens (including phenoxy) is 1. The lowest BCUT2D eigenvalue weighted by atomic mass is 10.3. The van der Waals surface area contributed by atoms with Crippen LogP contribution in [0.5, 0.6) is 0 Å².